The quantitative estimate of drug-likeness (QED) is 0.903. The summed E-state index contributed by atoms with van der Waals surface area (Å²) >= 11 is 1.79. The van der Waals surface area contributed by atoms with Crippen LogP contribution in [-0.4, -0.2) is 4.98 Å². The van der Waals surface area contributed by atoms with E-state index < -0.39 is 0 Å². The maximum atomic E-state index is 4.52. The fraction of sp³-hybridized carbons (Fsp3) is 0.471. The zero-order valence-electron chi connectivity index (χ0n) is 12.6. The molecule has 0 amide bonds. The van der Waals surface area contributed by atoms with Gasteiger partial charge in [0.15, 0.2) is 0 Å². The molecule has 2 atom stereocenters. The SMILES string of the molecule is Cc1cnc(C(C)NC2c3ccccc3CC2(C)C)s1. The second-order valence-corrected chi connectivity index (χ2v) is 7.76. The molecule has 0 fully saturated rings. The molecule has 1 N–H and O–H groups in total. The van der Waals surface area contributed by atoms with Crippen molar-refractivity contribution in [2.45, 2.75) is 46.2 Å². The van der Waals surface area contributed by atoms with Gasteiger partial charge in [0.05, 0.1) is 6.04 Å². The summed E-state index contributed by atoms with van der Waals surface area (Å²) in [6.45, 7) is 9.03. The third-order valence-corrected chi connectivity index (χ3v) is 5.32. The van der Waals surface area contributed by atoms with Crippen molar-refractivity contribution in [3.8, 4) is 0 Å². The highest BCUT2D eigenvalue weighted by Gasteiger charge is 2.39. The molecule has 20 heavy (non-hydrogen) atoms. The number of thiazole rings is 1. The Morgan fingerprint density at radius 2 is 2.10 bits per heavy atom. The summed E-state index contributed by atoms with van der Waals surface area (Å²) in [4.78, 5) is 5.80. The van der Waals surface area contributed by atoms with Gasteiger partial charge in [0, 0.05) is 17.1 Å². The summed E-state index contributed by atoms with van der Waals surface area (Å²) in [7, 11) is 0. The first-order chi connectivity index (χ1) is 9.47. The van der Waals surface area contributed by atoms with Crippen LogP contribution in [0.3, 0.4) is 0 Å². The van der Waals surface area contributed by atoms with Crippen molar-refractivity contribution in [2.75, 3.05) is 0 Å². The lowest BCUT2D eigenvalue weighted by molar-refractivity contribution is 0.252. The Kier molecular flexibility index (Phi) is 3.43. The van der Waals surface area contributed by atoms with Crippen LogP contribution >= 0.6 is 11.3 Å². The van der Waals surface area contributed by atoms with E-state index in [2.05, 4.69) is 62.3 Å². The van der Waals surface area contributed by atoms with Gasteiger partial charge in [-0.15, -0.1) is 11.3 Å². The van der Waals surface area contributed by atoms with Crippen LogP contribution in [0.15, 0.2) is 30.5 Å². The molecule has 2 nitrogen and oxygen atoms in total. The molecule has 2 aromatic rings. The Labute approximate surface area is 125 Å². The minimum absolute atomic E-state index is 0.254. The predicted octanol–water partition coefficient (Wildman–Crippen LogP) is 4.43. The molecular weight excluding hydrogens is 264 g/mol. The molecule has 3 heteroatoms. The van der Waals surface area contributed by atoms with E-state index in [1.807, 2.05) is 6.20 Å². The lowest BCUT2D eigenvalue weighted by Crippen LogP contribution is -2.33. The third-order valence-electron chi connectivity index (χ3n) is 4.22. The zero-order chi connectivity index (χ0) is 14.3. The zero-order valence-corrected chi connectivity index (χ0v) is 13.4. The highest BCUT2D eigenvalue weighted by molar-refractivity contribution is 7.11. The van der Waals surface area contributed by atoms with Crippen molar-refractivity contribution in [3.05, 3.63) is 51.5 Å². The second kappa shape index (κ2) is 4.97. The van der Waals surface area contributed by atoms with Crippen LogP contribution in [0.5, 0.6) is 0 Å². The molecule has 0 bridgehead atoms. The molecule has 0 saturated heterocycles. The van der Waals surface area contributed by atoms with E-state index in [0.717, 1.165) is 6.42 Å². The lowest BCUT2D eigenvalue weighted by atomic mass is 9.85. The number of rotatable bonds is 3. The summed E-state index contributed by atoms with van der Waals surface area (Å²) in [6, 6.07) is 9.51. The van der Waals surface area contributed by atoms with Gasteiger partial charge in [-0.2, -0.15) is 0 Å². The van der Waals surface area contributed by atoms with E-state index in [0.29, 0.717) is 12.1 Å². The molecule has 1 aliphatic rings. The molecule has 1 aromatic heterocycles. The van der Waals surface area contributed by atoms with Gasteiger partial charge in [0.2, 0.25) is 0 Å². The van der Waals surface area contributed by atoms with Crippen molar-refractivity contribution in [1.29, 1.82) is 0 Å². The van der Waals surface area contributed by atoms with E-state index in [1.165, 1.54) is 21.0 Å². The Morgan fingerprint density at radius 1 is 1.35 bits per heavy atom. The minimum Gasteiger partial charge on any atom is -0.301 e. The first kappa shape index (κ1) is 13.8. The highest BCUT2D eigenvalue weighted by Crippen LogP contribution is 2.46. The van der Waals surface area contributed by atoms with E-state index in [9.17, 15) is 0 Å². The largest absolute Gasteiger partial charge is 0.301 e. The van der Waals surface area contributed by atoms with Gasteiger partial charge in [0.25, 0.3) is 0 Å². The summed E-state index contributed by atoms with van der Waals surface area (Å²) < 4.78 is 0. The van der Waals surface area contributed by atoms with Crippen LogP contribution in [0.1, 0.15) is 53.9 Å². The first-order valence-electron chi connectivity index (χ1n) is 7.23. The Balaban J connectivity index is 1.86. The van der Waals surface area contributed by atoms with Crippen molar-refractivity contribution in [3.63, 3.8) is 0 Å². The minimum atomic E-state index is 0.254. The van der Waals surface area contributed by atoms with Gasteiger partial charge in [-0.1, -0.05) is 38.1 Å². The number of nitrogens with zero attached hydrogens (tertiary/aromatic N) is 1. The molecule has 1 aromatic carbocycles. The van der Waals surface area contributed by atoms with Crippen LogP contribution < -0.4 is 5.32 Å². The van der Waals surface area contributed by atoms with Gasteiger partial charge in [-0.3, -0.25) is 0 Å². The highest BCUT2D eigenvalue weighted by atomic mass is 32.1. The number of fused-ring (bicyclic) bond motifs is 1. The van der Waals surface area contributed by atoms with Crippen molar-refractivity contribution >= 4 is 11.3 Å². The Hall–Kier alpha value is -1.19. The summed E-state index contributed by atoms with van der Waals surface area (Å²) in [6.07, 6.45) is 3.11. The van der Waals surface area contributed by atoms with Gasteiger partial charge in [-0.05, 0) is 36.8 Å². The average Bonchev–Trinajstić information content (AvgIpc) is 2.92. The molecule has 1 aliphatic carbocycles. The monoisotopic (exact) mass is 286 g/mol. The number of aromatic nitrogens is 1. The Morgan fingerprint density at radius 3 is 2.80 bits per heavy atom. The molecule has 0 aliphatic heterocycles. The molecule has 0 saturated carbocycles. The number of nitrogens with one attached hydrogen (secondary N) is 1. The molecule has 1 heterocycles. The standard InChI is InChI=1S/C17H22N2S/c1-11-10-18-16(20-11)12(2)19-15-14-8-6-5-7-13(14)9-17(15,3)4/h5-8,10,12,15,19H,9H2,1-4H3. The second-order valence-electron chi connectivity index (χ2n) is 6.49. The first-order valence-corrected chi connectivity index (χ1v) is 8.05. The van der Waals surface area contributed by atoms with Crippen LogP contribution in [0, 0.1) is 12.3 Å². The fourth-order valence-corrected chi connectivity index (χ4v) is 3.99. The lowest BCUT2D eigenvalue weighted by Gasteiger charge is -2.31. The Bertz CT molecular complexity index is 615. The molecular formula is C17H22N2S. The molecule has 2 unspecified atom stereocenters. The van der Waals surface area contributed by atoms with Crippen LogP contribution in [-0.2, 0) is 6.42 Å². The number of benzene rings is 1. The van der Waals surface area contributed by atoms with Crippen LogP contribution in [0.4, 0.5) is 0 Å². The van der Waals surface area contributed by atoms with Crippen LogP contribution in [0.25, 0.3) is 0 Å². The smallest absolute Gasteiger partial charge is 0.109 e. The van der Waals surface area contributed by atoms with E-state index in [4.69, 9.17) is 0 Å². The molecule has 3 rings (SSSR count). The maximum absolute atomic E-state index is 4.52. The van der Waals surface area contributed by atoms with E-state index in [1.54, 1.807) is 11.3 Å². The van der Waals surface area contributed by atoms with Gasteiger partial charge >= 0.3 is 0 Å². The van der Waals surface area contributed by atoms with Gasteiger partial charge in [-0.25, -0.2) is 4.98 Å². The summed E-state index contributed by atoms with van der Waals surface area (Å²) in [5.41, 5.74) is 3.19. The number of hydrogen-bond acceptors (Lipinski definition) is 3. The topological polar surface area (TPSA) is 24.9 Å². The number of hydrogen-bond donors (Lipinski definition) is 1. The van der Waals surface area contributed by atoms with Crippen molar-refractivity contribution in [1.82, 2.24) is 10.3 Å². The van der Waals surface area contributed by atoms with E-state index in [-0.39, 0.29) is 5.41 Å². The fourth-order valence-electron chi connectivity index (χ4n) is 3.20. The van der Waals surface area contributed by atoms with E-state index >= 15 is 0 Å². The normalized spacial score (nSPS) is 21.7. The van der Waals surface area contributed by atoms with Gasteiger partial charge in [0.1, 0.15) is 5.01 Å². The maximum Gasteiger partial charge on any atom is 0.109 e. The van der Waals surface area contributed by atoms with Crippen molar-refractivity contribution < 1.29 is 0 Å². The molecule has 106 valence electrons. The predicted molar refractivity (Wildman–Crippen MR) is 85.1 cm³/mol. The van der Waals surface area contributed by atoms with Crippen molar-refractivity contribution in [2.24, 2.45) is 5.41 Å². The van der Waals surface area contributed by atoms with Gasteiger partial charge < -0.3 is 5.32 Å². The third kappa shape index (κ3) is 2.40. The van der Waals surface area contributed by atoms with Crippen LogP contribution in [0.2, 0.25) is 0 Å². The molecule has 0 spiro atoms. The average molecular weight is 286 g/mol. The summed E-state index contributed by atoms with van der Waals surface area (Å²) in [5, 5.41) is 4.99. The number of aryl methyl sites for hydroxylation is 1. The summed E-state index contributed by atoms with van der Waals surface area (Å²) in [5.74, 6) is 0. The molecule has 0 radical (unpaired) electrons.